The van der Waals surface area contributed by atoms with E-state index in [4.69, 9.17) is 10.5 Å². The highest BCUT2D eigenvalue weighted by molar-refractivity contribution is 5.96. The van der Waals surface area contributed by atoms with Crippen molar-refractivity contribution in [2.45, 2.75) is 19.4 Å². The van der Waals surface area contributed by atoms with E-state index in [2.05, 4.69) is 5.32 Å². The SMILES string of the molecule is COc1cccc(CC(=O)N2CCN([C@H](C)C(=O)NC(N)=O)CC2)c1. The highest BCUT2D eigenvalue weighted by Crippen LogP contribution is 2.15. The number of rotatable bonds is 5. The van der Waals surface area contributed by atoms with E-state index in [1.54, 1.807) is 18.9 Å². The molecule has 8 nitrogen and oxygen atoms in total. The fourth-order valence-electron chi connectivity index (χ4n) is 2.82. The molecule has 4 amide bonds. The van der Waals surface area contributed by atoms with Crippen LogP contribution in [0.15, 0.2) is 24.3 Å². The number of methoxy groups -OCH3 is 1. The fourth-order valence-corrected chi connectivity index (χ4v) is 2.82. The Kier molecular flexibility index (Phi) is 6.35. The van der Waals surface area contributed by atoms with Crippen LogP contribution in [0.25, 0.3) is 0 Å². The van der Waals surface area contributed by atoms with Crippen molar-refractivity contribution in [2.24, 2.45) is 5.73 Å². The molecule has 0 aromatic heterocycles. The average Bonchev–Trinajstić information content (AvgIpc) is 2.60. The highest BCUT2D eigenvalue weighted by Gasteiger charge is 2.27. The summed E-state index contributed by atoms with van der Waals surface area (Å²) in [7, 11) is 1.59. The summed E-state index contributed by atoms with van der Waals surface area (Å²) in [5.74, 6) is 0.343. The molecule has 0 unspecified atom stereocenters. The molecule has 2 rings (SSSR count). The number of nitrogens with two attached hydrogens (primary N) is 1. The molecule has 0 spiro atoms. The third-order valence-electron chi connectivity index (χ3n) is 4.33. The molecule has 3 N–H and O–H groups in total. The summed E-state index contributed by atoms with van der Waals surface area (Å²) in [6.07, 6.45) is 0.314. The van der Waals surface area contributed by atoms with Crippen molar-refractivity contribution in [3.05, 3.63) is 29.8 Å². The Morgan fingerprint density at radius 1 is 1.24 bits per heavy atom. The normalized spacial score (nSPS) is 16.2. The number of amides is 4. The molecule has 0 saturated carbocycles. The number of piperazine rings is 1. The molecule has 1 aliphatic heterocycles. The minimum Gasteiger partial charge on any atom is -0.497 e. The van der Waals surface area contributed by atoms with Gasteiger partial charge in [-0.25, -0.2) is 4.79 Å². The Balaban J connectivity index is 1.85. The van der Waals surface area contributed by atoms with Crippen LogP contribution in [0.1, 0.15) is 12.5 Å². The summed E-state index contributed by atoms with van der Waals surface area (Å²) in [6.45, 7) is 3.92. The maximum atomic E-state index is 12.4. The van der Waals surface area contributed by atoms with E-state index >= 15 is 0 Å². The lowest BCUT2D eigenvalue weighted by molar-refractivity contribution is -0.133. The first kappa shape index (κ1) is 18.7. The van der Waals surface area contributed by atoms with Gasteiger partial charge in [0.05, 0.1) is 19.6 Å². The number of carbonyl (C=O) groups excluding carboxylic acids is 3. The first-order valence-corrected chi connectivity index (χ1v) is 8.15. The van der Waals surface area contributed by atoms with Gasteiger partial charge in [-0.15, -0.1) is 0 Å². The zero-order chi connectivity index (χ0) is 18.4. The van der Waals surface area contributed by atoms with Gasteiger partial charge < -0.3 is 15.4 Å². The van der Waals surface area contributed by atoms with E-state index in [0.29, 0.717) is 32.6 Å². The fraction of sp³-hybridized carbons (Fsp3) is 0.471. The van der Waals surface area contributed by atoms with Crippen molar-refractivity contribution in [2.75, 3.05) is 33.3 Å². The zero-order valence-electron chi connectivity index (χ0n) is 14.5. The number of ether oxygens (including phenoxy) is 1. The van der Waals surface area contributed by atoms with E-state index in [0.717, 1.165) is 11.3 Å². The molecule has 25 heavy (non-hydrogen) atoms. The third-order valence-corrected chi connectivity index (χ3v) is 4.33. The molecule has 1 aliphatic rings. The Morgan fingerprint density at radius 3 is 2.52 bits per heavy atom. The molecule has 136 valence electrons. The predicted molar refractivity (Wildman–Crippen MR) is 92.0 cm³/mol. The predicted octanol–water partition coefficient (Wildman–Crippen LogP) is -0.0347. The number of carbonyl (C=O) groups is 3. The molecular formula is C17H24N4O4. The van der Waals surface area contributed by atoms with Crippen LogP contribution >= 0.6 is 0 Å². The number of hydrogen-bond donors (Lipinski definition) is 2. The molecular weight excluding hydrogens is 324 g/mol. The van der Waals surface area contributed by atoms with E-state index in [1.807, 2.05) is 29.2 Å². The maximum absolute atomic E-state index is 12.4. The van der Waals surface area contributed by atoms with Crippen molar-refractivity contribution in [1.82, 2.24) is 15.1 Å². The molecule has 1 fully saturated rings. The van der Waals surface area contributed by atoms with E-state index in [-0.39, 0.29) is 5.91 Å². The van der Waals surface area contributed by atoms with Gasteiger partial charge >= 0.3 is 6.03 Å². The Labute approximate surface area is 146 Å². The lowest BCUT2D eigenvalue weighted by Gasteiger charge is -2.37. The summed E-state index contributed by atoms with van der Waals surface area (Å²) in [4.78, 5) is 38.8. The molecule has 1 aromatic carbocycles. The Hall–Kier alpha value is -2.61. The van der Waals surface area contributed by atoms with Crippen molar-refractivity contribution < 1.29 is 19.1 Å². The molecule has 1 atom stereocenters. The standard InChI is InChI=1S/C17H24N4O4/c1-12(16(23)19-17(18)24)20-6-8-21(9-7-20)15(22)11-13-4-3-5-14(10-13)25-2/h3-5,10,12H,6-9,11H2,1-2H3,(H3,18,19,23,24)/t12-/m1/s1. The van der Waals surface area contributed by atoms with Crippen LogP contribution in [0.3, 0.4) is 0 Å². The van der Waals surface area contributed by atoms with Gasteiger partial charge in [-0.2, -0.15) is 0 Å². The largest absolute Gasteiger partial charge is 0.497 e. The lowest BCUT2D eigenvalue weighted by Crippen LogP contribution is -2.56. The highest BCUT2D eigenvalue weighted by atomic mass is 16.5. The molecule has 1 aromatic rings. The van der Waals surface area contributed by atoms with Crippen LogP contribution in [0.5, 0.6) is 5.75 Å². The van der Waals surface area contributed by atoms with Crippen LogP contribution in [-0.4, -0.2) is 67.0 Å². The van der Waals surface area contributed by atoms with Crippen LogP contribution in [0.4, 0.5) is 4.79 Å². The van der Waals surface area contributed by atoms with Gasteiger partial charge in [0.2, 0.25) is 11.8 Å². The summed E-state index contributed by atoms with van der Waals surface area (Å²) >= 11 is 0. The number of imide groups is 1. The van der Waals surface area contributed by atoms with Gasteiger partial charge in [0.25, 0.3) is 0 Å². The monoisotopic (exact) mass is 348 g/mol. The van der Waals surface area contributed by atoms with E-state index in [1.165, 1.54) is 0 Å². The number of primary amides is 1. The molecule has 0 bridgehead atoms. The molecule has 8 heteroatoms. The van der Waals surface area contributed by atoms with Gasteiger partial charge in [0.15, 0.2) is 0 Å². The topological polar surface area (TPSA) is 105 Å². The van der Waals surface area contributed by atoms with Crippen LogP contribution in [0, 0.1) is 0 Å². The molecule has 0 radical (unpaired) electrons. The summed E-state index contributed by atoms with van der Waals surface area (Å²) in [5.41, 5.74) is 5.87. The summed E-state index contributed by atoms with van der Waals surface area (Å²) in [5, 5.41) is 2.08. The number of urea groups is 1. The number of hydrogen-bond acceptors (Lipinski definition) is 5. The summed E-state index contributed by atoms with van der Waals surface area (Å²) < 4.78 is 5.17. The van der Waals surface area contributed by atoms with E-state index < -0.39 is 18.0 Å². The Morgan fingerprint density at radius 2 is 1.92 bits per heavy atom. The van der Waals surface area contributed by atoms with Crippen LogP contribution in [0.2, 0.25) is 0 Å². The maximum Gasteiger partial charge on any atom is 0.318 e. The second-order valence-electron chi connectivity index (χ2n) is 5.97. The Bertz CT molecular complexity index is 641. The lowest BCUT2D eigenvalue weighted by atomic mass is 10.1. The third kappa shape index (κ3) is 5.18. The van der Waals surface area contributed by atoms with Gasteiger partial charge in [-0.1, -0.05) is 12.1 Å². The second kappa shape index (κ2) is 8.48. The average molecular weight is 348 g/mol. The van der Waals surface area contributed by atoms with Crippen molar-refractivity contribution >= 4 is 17.8 Å². The number of nitrogens with zero attached hydrogens (tertiary/aromatic N) is 2. The van der Waals surface area contributed by atoms with Crippen molar-refractivity contribution in [3.8, 4) is 5.75 Å². The van der Waals surface area contributed by atoms with Crippen molar-refractivity contribution in [3.63, 3.8) is 0 Å². The summed E-state index contributed by atoms with van der Waals surface area (Å²) in [6, 6.07) is 6.12. The van der Waals surface area contributed by atoms with Gasteiger partial charge in [0, 0.05) is 26.2 Å². The second-order valence-corrected chi connectivity index (χ2v) is 5.97. The minimum atomic E-state index is -0.857. The van der Waals surface area contributed by atoms with Gasteiger partial charge in [-0.05, 0) is 24.6 Å². The van der Waals surface area contributed by atoms with Crippen molar-refractivity contribution in [1.29, 1.82) is 0 Å². The molecule has 0 aliphatic carbocycles. The van der Waals surface area contributed by atoms with Gasteiger partial charge in [0.1, 0.15) is 5.75 Å². The smallest absolute Gasteiger partial charge is 0.318 e. The minimum absolute atomic E-state index is 0.0437. The first-order valence-electron chi connectivity index (χ1n) is 8.15. The van der Waals surface area contributed by atoms with Crippen LogP contribution in [-0.2, 0) is 16.0 Å². The molecule has 1 saturated heterocycles. The van der Waals surface area contributed by atoms with Crippen LogP contribution < -0.4 is 15.8 Å². The molecule has 1 heterocycles. The quantitative estimate of drug-likeness (QED) is 0.777. The van der Waals surface area contributed by atoms with Gasteiger partial charge in [-0.3, -0.25) is 19.8 Å². The zero-order valence-corrected chi connectivity index (χ0v) is 14.5. The number of benzene rings is 1. The number of nitrogens with one attached hydrogen (secondary N) is 1. The first-order chi connectivity index (χ1) is 11.9. The van der Waals surface area contributed by atoms with E-state index in [9.17, 15) is 14.4 Å².